The van der Waals surface area contributed by atoms with Gasteiger partial charge < -0.3 is 11.1 Å². The van der Waals surface area contributed by atoms with Gasteiger partial charge in [-0.1, -0.05) is 17.7 Å². The van der Waals surface area contributed by atoms with Crippen LogP contribution in [0.5, 0.6) is 0 Å². The van der Waals surface area contributed by atoms with Crippen molar-refractivity contribution in [2.75, 3.05) is 19.6 Å². The number of hydrogen-bond donors (Lipinski definition) is 2. The molecule has 1 amide bonds. The molecule has 24 heavy (non-hydrogen) atoms. The third-order valence-electron chi connectivity index (χ3n) is 4.52. The number of piperidine rings is 1. The number of carbonyl (C=O) groups excluding carboxylic acids is 1. The smallest absolute Gasteiger partial charge is 0.243 e. The van der Waals surface area contributed by atoms with Crippen LogP contribution >= 0.6 is 0 Å². The zero-order valence-electron chi connectivity index (χ0n) is 14.6. The second kappa shape index (κ2) is 7.63. The number of rotatable bonds is 5. The number of amides is 1. The van der Waals surface area contributed by atoms with Crippen molar-refractivity contribution in [1.82, 2.24) is 9.62 Å². The molecule has 3 N–H and O–H groups in total. The first-order valence-corrected chi connectivity index (χ1v) is 9.77. The highest BCUT2D eigenvalue weighted by Gasteiger charge is 2.32. The molecule has 0 spiro atoms. The van der Waals surface area contributed by atoms with Gasteiger partial charge in [0.15, 0.2) is 0 Å². The van der Waals surface area contributed by atoms with E-state index in [0.29, 0.717) is 37.4 Å². The number of carbonyl (C=O) groups is 1. The van der Waals surface area contributed by atoms with Crippen molar-refractivity contribution < 1.29 is 13.2 Å². The number of benzene rings is 1. The summed E-state index contributed by atoms with van der Waals surface area (Å²) in [4.78, 5) is 12.5. The lowest BCUT2D eigenvalue weighted by atomic mass is 9.97. The molecule has 1 atom stereocenters. The lowest BCUT2D eigenvalue weighted by molar-refractivity contribution is -0.126. The molecule has 1 aliphatic rings. The van der Waals surface area contributed by atoms with Gasteiger partial charge in [0.2, 0.25) is 15.9 Å². The number of aryl methyl sites for hydroxylation is 2. The molecule has 0 aliphatic carbocycles. The van der Waals surface area contributed by atoms with E-state index in [1.807, 2.05) is 32.9 Å². The van der Waals surface area contributed by atoms with E-state index in [4.69, 9.17) is 5.73 Å². The predicted molar refractivity (Wildman–Crippen MR) is 94.1 cm³/mol. The highest BCUT2D eigenvalue weighted by molar-refractivity contribution is 7.89. The Morgan fingerprint density at radius 3 is 2.50 bits per heavy atom. The third-order valence-corrected chi connectivity index (χ3v) is 6.57. The van der Waals surface area contributed by atoms with E-state index in [1.165, 1.54) is 4.31 Å². The first-order chi connectivity index (χ1) is 11.3. The lowest BCUT2D eigenvalue weighted by Crippen LogP contribution is -2.46. The van der Waals surface area contributed by atoms with Gasteiger partial charge in [0.25, 0.3) is 0 Å². The SMILES string of the molecule is Cc1ccc(S(=O)(=O)N2CCC(C(=O)N[C@@H](C)CN)CC2)c(C)c1. The fourth-order valence-electron chi connectivity index (χ4n) is 3.01. The minimum Gasteiger partial charge on any atom is -0.352 e. The zero-order valence-corrected chi connectivity index (χ0v) is 15.4. The lowest BCUT2D eigenvalue weighted by Gasteiger charge is -2.31. The van der Waals surface area contributed by atoms with Crippen molar-refractivity contribution in [3.05, 3.63) is 29.3 Å². The van der Waals surface area contributed by atoms with Crippen LogP contribution in [-0.4, -0.2) is 44.3 Å². The normalized spacial score (nSPS) is 18.3. The van der Waals surface area contributed by atoms with Gasteiger partial charge in [-0.2, -0.15) is 4.31 Å². The Morgan fingerprint density at radius 1 is 1.33 bits per heavy atom. The third kappa shape index (κ3) is 4.15. The van der Waals surface area contributed by atoms with Crippen LogP contribution in [0.3, 0.4) is 0 Å². The summed E-state index contributed by atoms with van der Waals surface area (Å²) in [5.41, 5.74) is 7.31. The fourth-order valence-corrected chi connectivity index (χ4v) is 4.68. The van der Waals surface area contributed by atoms with Gasteiger partial charge in [0.05, 0.1) is 4.90 Å². The van der Waals surface area contributed by atoms with Gasteiger partial charge >= 0.3 is 0 Å². The van der Waals surface area contributed by atoms with Crippen LogP contribution in [-0.2, 0) is 14.8 Å². The molecular formula is C17H27N3O3S. The number of sulfonamides is 1. The van der Waals surface area contributed by atoms with Crippen LogP contribution in [0.2, 0.25) is 0 Å². The largest absolute Gasteiger partial charge is 0.352 e. The number of hydrogen-bond acceptors (Lipinski definition) is 4. The van der Waals surface area contributed by atoms with Crippen LogP contribution in [0.15, 0.2) is 23.1 Å². The molecule has 2 rings (SSSR count). The van der Waals surface area contributed by atoms with Gasteiger partial charge in [0, 0.05) is 31.6 Å². The number of nitrogens with zero attached hydrogens (tertiary/aromatic N) is 1. The molecule has 7 heteroatoms. The van der Waals surface area contributed by atoms with E-state index in [0.717, 1.165) is 11.1 Å². The maximum Gasteiger partial charge on any atom is 0.243 e. The molecule has 1 heterocycles. The molecule has 1 aromatic rings. The van der Waals surface area contributed by atoms with E-state index in [9.17, 15) is 13.2 Å². The van der Waals surface area contributed by atoms with Crippen molar-refractivity contribution in [2.45, 2.75) is 44.6 Å². The molecule has 0 radical (unpaired) electrons. The first kappa shape index (κ1) is 18.9. The Labute approximate surface area is 144 Å². The number of nitrogens with two attached hydrogens (primary N) is 1. The summed E-state index contributed by atoms with van der Waals surface area (Å²) in [6.07, 6.45) is 1.07. The monoisotopic (exact) mass is 353 g/mol. The second-order valence-electron chi connectivity index (χ2n) is 6.59. The molecular weight excluding hydrogens is 326 g/mol. The van der Waals surface area contributed by atoms with E-state index >= 15 is 0 Å². The molecule has 134 valence electrons. The summed E-state index contributed by atoms with van der Waals surface area (Å²) in [7, 11) is -3.50. The Kier molecular flexibility index (Phi) is 6.01. The quantitative estimate of drug-likeness (QED) is 0.831. The molecule has 6 nitrogen and oxygen atoms in total. The summed E-state index contributed by atoms with van der Waals surface area (Å²) >= 11 is 0. The maximum absolute atomic E-state index is 12.8. The first-order valence-electron chi connectivity index (χ1n) is 8.33. The predicted octanol–water partition coefficient (Wildman–Crippen LogP) is 1.17. The average molecular weight is 353 g/mol. The number of nitrogens with one attached hydrogen (secondary N) is 1. The highest BCUT2D eigenvalue weighted by atomic mass is 32.2. The topological polar surface area (TPSA) is 92.5 Å². The summed E-state index contributed by atoms with van der Waals surface area (Å²) in [6, 6.07) is 5.30. The van der Waals surface area contributed by atoms with Crippen LogP contribution in [0.1, 0.15) is 30.9 Å². The molecule has 0 unspecified atom stereocenters. The van der Waals surface area contributed by atoms with E-state index < -0.39 is 10.0 Å². The standard InChI is InChI=1S/C17H27N3O3S/c1-12-4-5-16(13(2)10-12)24(22,23)20-8-6-15(7-9-20)17(21)19-14(3)11-18/h4-5,10,14-15H,6-9,11,18H2,1-3H3,(H,19,21)/t14-/m0/s1. The fraction of sp³-hybridized carbons (Fsp3) is 0.588. The van der Waals surface area contributed by atoms with Crippen LogP contribution < -0.4 is 11.1 Å². The minimum absolute atomic E-state index is 0.0310. The van der Waals surface area contributed by atoms with Gasteiger partial charge in [-0.15, -0.1) is 0 Å². The van der Waals surface area contributed by atoms with Crippen molar-refractivity contribution >= 4 is 15.9 Å². The van der Waals surface area contributed by atoms with Gasteiger partial charge in [0.1, 0.15) is 0 Å². The second-order valence-corrected chi connectivity index (χ2v) is 8.50. The molecule has 1 saturated heterocycles. The van der Waals surface area contributed by atoms with Crippen molar-refractivity contribution in [3.63, 3.8) is 0 Å². The minimum atomic E-state index is -3.50. The van der Waals surface area contributed by atoms with E-state index in [-0.39, 0.29) is 17.9 Å². The van der Waals surface area contributed by atoms with E-state index in [2.05, 4.69) is 5.32 Å². The Morgan fingerprint density at radius 2 is 1.96 bits per heavy atom. The maximum atomic E-state index is 12.8. The Balaban J connectivity index is 2.04. The molecule has 1 aliphatic heterocycles. The molecule has 1 aromatic carbocycles. The Bertz CT molecular complexity index is 695. The molecule has 1 fully saturated rings. The highest BCUT2D eigenvalue weighted by Crippen LogP contribution is 2.26. The molecule has 0 bridgehead atoms. The summed E-state index contributed by atoms with van der Waals surface area (Å²) < 4.78 is 27.1. The molecule has 0 saturated carbocycles. The van der Waals surface area contributed by atoms with Gasteiger partial charge in [-0.3, -0.25) is 4.79 Å². The van der Waals surface area contributed by atoms with Crippen molar-refractivity contribution in [3.8, 4) is 0 Å². The van der Waals surface area contributed by atoms with Crippen LogP contribution in [0.4, 0.5) is 0 Å². The zero-order chi connectivity index (χ0) is 17.9. The van der Waals surface area contributed by atoms with Gasteiger partial charge in [-0.25, -0.2) is 8.42 Å². The summed E-state index contributed by atoms with van der Waals surface area (Å²) in [5.74, 6) is -0.180. The van der Waals surface area contributed by atoms with E-state index in [1.54, 1.807) is 6.07 Å². The van der Waals surface area contributed by atoms with Gasteiger partial charge in [-0.05, 0) is 45.2 Å². The summed E-state index contributed by atoms with van der Waals surface area (Å²) in [5, 5.41) is 2.87. The van der Waals surface area contributed by atoms with Crippen molar-refractivity contribution in [1.29, 1.82) is 0 Å². The average Bonchev–Trinajstić information content (AvgIpc) is 2.54. The Hall–Kier alpha value is -1.44. The summed E-state index contributed by atoms with van der Waals surface area (Å²) in [6.45, 7) is 6.74. The van der Waals surface area contributed by atoms with Crippen LogP contribution in [0.25, 0.3) is 0 Å². The van der Waals surface area contributed by atoms with Crippen LogP contribution in [0, 0.1) is 19.8 Å². The molecule has 0 aromatic heterocycles. The van der Waals surface area contributed by atoms with Crippen molar-refractivity contribution in [2.24, 2.45) is 11.7 Å².